The highest BCUT2D eigenvalue weighted by Gasteiger charge is 2.37. The molecule has 0 fully saturated rings. The van der Waals surface area contributed by atoms with Gasteiger partial charge in [0, 0.05) is 22.0 Å². The topological polar surface area (TPSA) is 78.3 Å². The van der Waals surface area contributed by atoms with E-state index < -0.39 is 12.0 Å². The molecule has 4 rings (SSSR count). The molecule has 1 aliphatic heterocycles. The van der Waals surface area contributed by atoms with Crippen LogP contribution in [0.1, 0.15) is 44.9 Å². The lowest BCUT2D eigenvalue weighted by atomic mass is 9.95. The Bertz CT molecular complexity index is 1220. The number of allylic oxidation sites excluding steroid dienone is 1. The number of halogens is 1. The molecule has 1 atom stereocenters. The first-order valence-corrected chi connectivity index (χ1v) is 12.5. The lowest BCUT2D eigenvalue weighted by molar-refractivity contribution is -0.143. The second-order valence-electron chi connectivity index (χ2n) is 8.03. The van der Waals surface area contributed by atoms with Crippen LogP contribution in [0.3, 0.4) is 0 Å². The molecule has 178 valence electrons. The van der Waals surface area contributed by atoms with Crippen LogP contribution >= 0.6 is 23.4 Å². The Hall–Kier alpha value is -2.97. The molecule has 1 aliphatic rings. The summed E-state index contributed by atoms with van der Waals surface area (Å²) in [6.45, 7) is 7.94. The molecule has 1 N–H and O–H groups in total. The van der Waals surface area contributed by atoms with Crippen molar-refractivity contribution < 1.29 is 14.3 Å². The van der Waals surface area contributed by atoms with Crippen molar-refractivity contribution >= 4 is 35.3 Å². The molecule has 2 heterocycles. The number of anilines is 1. The van der Waals surface area contributed by atoms with E-state index in [4.69, 9.17) is 26.2 Å². The van der Waals surface area contributed by atoms with Crippen LogP contribution in [-0.2, 0) is 15.3 Å². The summed E-state index contributed by atoms with van der Waals surface area (Å²) in [4.78, 5) is 17.9. The third kappa shape index (κ3) is 5.08. The van der Waals surface area contributed by atoms with Crippen LogP contribution in [-0.4, -0.2) is 33.4 Å². The molecule has 0 amide bonds. The Labute approximate surface area is 208 Å². The van der Waals surface area contributed by atoms with Gasteiger partial charge in [0.1, 0.15) is 11.8 Å². The Morgan fingerprint density at radius 3 is 2.68 bits per heavy atom. The highest BCUT2D eigenvalue weighted by atomic mass is 35.5. The van der Waals surface area contributed by atoms with Gasteiger partial charge in [-0.05, 0) is 45.4 Å². The van der Waals surface area contributed by atoms with Gasteiger partial charge >= 0.3 is 5.97 Å². The zero-order chi connectivity index (χ0) is 24.2. The predicted molar refractivity (Wildman–Crippen MR) is 134 cm³/mol. The first-order chi connectivity index (χ1) is 16.4. The highest BCUT2D eigenvalue weighted by molar-refractivity contribution is 7.98. The second-order valence-corrected chi connectivity index (χ2v) is 9.38. The molecule has 3 aromatic rings. The first kappa shape index (κ1) is 24.2. The lowest BCUT2D eigenvalue weighted by Crippen LogP contribution is -2.31. The quantitative estimate of drug-likeness (QED) is 0.307. The monoisotopic (exact) mass is 498 g/mol. The molecule has 0 bridgehead atoms. The van der Waals surface area contributed by atoms with Gasteiger partial charge in [-0.2, -0.15) is 4.98 Å². The van der Waals surface area contributed by atoms with E-state index in [2.05, 4.69) is 10.3 Å². The van der Waals surface area contributed by atoms with Gasteiger partial charge < -0.3 is 14.8 Å². The summed E-state index contributed by atoms with van der Waals surface area (Å²) in [5.41, 5.74) is 2.96. The number of hydrogen-bond acceptors (Lipinski definition) is 7. The molecule has 0 saturated carbocycles. The van der Waals surface area contributed by atoms with E-state index in [1.54, 1.807) is 4.68 Å². The van der Waals surface area contributed by atoms with Gasteiger partial charge in [-0.1, -0.05) is 59.8 Å². The summed E-state index contributed by atoms with van der Waals surface area (Å²) < 4.78 is 13.2. The van der Waals surface area contributed by atoms with Crippen LogP contribution in [0.2, 0.25) is 5.02 Å². The molecule has 0 aliphatic carbocycles. The smallest absolute Gasteiger partial charge is 0.338 e. The third-order valence-corrected chi connectivity index (χ3v) is 6.48. The summed E-state index contributed by atoms with van der Waals surface area (Å²) in [5.74, 6) is 1.46. The number of rotatable bonds is 8. The van der Waals surface area contributed by atoms with Crippen LogP contribution in [0.15, 0.2) is 65.0 Å². The average Bonchev–Trinajstić information content (AvgIpc) is 3.20. The van der Waals surface area contributed by atoms with E-state index in [9.17, 15) is 4.79 Å². The summed E-state index contributed by atoms with van der Waals surface area (Å²) >= 11 is 7.79. The highest BCUT2D eigenvalue weighted by Crippen LogP contribution is 2.40. The summed E-state index contributed by atoms with van der Waals surface area (Å²) in [6, 6.07) is 14.8. The van der Waals surface area contributed by atoms with Gasteiger partial charge in [-0.3, -0.25) is 0 Å². The maximum atomic E-state index is 13.2. The predicted octanol–water partition coefficient (Wildman–Crippen LogP) is 5.86. The van der Waals surface area contributed by atoms with Crippen molar-refractivity contribution in [3.05, 3.63) is 76.0 Å². The van der Waals surface area contributed by atoms with Gasteiger partial charge in [0.2, 0.25) is 11.1 Å². The van der Waals surface area contributed by atoms with Crippen molar-refractivity contribution in [2.24, 2.45) is 0 Å². The minimum Gasteiger partial charge on any atom is -0.494 e. The number of carbonyl (C=O) groups is 1. The number of carbonyl (C=O) groups excluding carboxylic acids is 1. The van der Waals surface area contributed by atoms with E-state index in [0.717, 1.165) is 11.1 Å². The molecule has 2 aromatic carbocycles. The number of nitrogens with zero attached hydrogens (tertiary/aromatic N) is 3. The maximum Gasteiger partial charge on any atom is 0.338 e. The molecule has 0 spiro atoms. The molecule has 1 unspecified atom stereocenters. The Balaban J connectivity index is 1.74. The summed E-state index contributed by atoms with van der Waals surface area (Å²) in [6.07, 6.45) is -0.255. The third-order valence-electron chi connectivity index (χ3n) is 5.22. The van der Waals surface area contributed by atoms with Crippen molar-refractivity contribution in [1.82, 2.24) is 14.8 Å². The van der Waals surface area contributed by atoms with E-state index in [-0.39, 0.29) is 6.10 Å². The van der Waals surface area contributed by atoms with Crippen molar-refractivity contribution in [3.63, 3.8) is 0 Å². The second kappa shape index (κ2) is 10.5. The van der Waals surface area contributed by atoms with E-state index in [0.29, 0.717) is 45.5 Å². The van der Waals surface area contributed by atoms with Crippen LogP contribution in [0.4, 0.5) is 5.95 Å². The molecule has 9 heteroatoms. The number of esters is 1. The van der Waals surface area contributed by atoms with Crippen molar-refractivity contribution in [1.29, 1.82) is 0 Å². The molecular formula is C25H27ClN4O3S. The van der Waals surface area contributed by atoms with Gasteiger partial charge in [0.05, 0.1) is 18.3 Å². The summed E-state index contributed by atoms with van der Waals surface area (Å²) in [5, 5.41) is 9.28. The van der Waals surface area contributed by atoms with Crippen molar-refractivity contribution in [2.45, 2.75) is 50.8 Å². The number of ether oxygens (including phenoxy) is 2. The lowest BCUT2D eigenvalue weighted by Gasteiger charge is -2.29. The number of benzene rings is 2. The van der Waals surface area contributed by atoms with E-state index >= 15 is 0 Å². The Morgan fingerprint density at radius 1 is 1.21 bits per heavy atom. The molecule has 0 saturated heterocycles. The number of para-hydroxylation sites is 1. The minimum atomic E-state index is -0.549. The number of aromatic nitrogens is 3. The van der Waals surface area contributed by atoms with Crippen LogP contribution < -0.4 is 10.1 Å². The van der Waals surface area contributed by atoms with Crippen LogP contribution in [0, 0.1) is 0 Å². The van der Waals surface area contributed by atoms with Gasteiger partial charge in [-0.15, -0.1) is 5.10 Å². The number of hydrogen-bond donors (Lipinski definition) is 1. The number of nitrogens with one attached hydrogen (secondary N) is 1. The van der Waals surface area contributed by atoms with E-state index in [1.165, 1.54) is 11.8 Å². The minimum absolute atomic E-state index is 0.255. The summed E-state index contributed by atoms with van der Waals surface area (Å²) in [7, 11) is 0. The van der Waals surface area contributed by atoms with Gasteiger partial charge in [0.15, 0.2) is 0 Å². The van der Waals surface area contributed by atoms with Crippen molar-refractivity contribution in [2.75, 3.05) is 11.9 Å². The number of fused-ring (bicyclic) bond motifs is 1. The zero-order valence-electron chi connectivity index (χ0n) is 19.5. The fraction of sp³-hybridized carbons (Fsp3) is 0.320. The van der Waals surface area contributed by atoms with Crippen LogP contribution in [0.25, 0.3) is 0 Å². The van der Waals surface area contributed by atoms with Gasteiger partial charge in [0.25, 0.3) is 0 Å². The molecule has 1 aromatic heterocycles. The fourth-order valence-electron chi connectivity index (χ4n) is 3.77. The van der Waals surface area contributed by atoms with E-state index in [1.807, 2.05) is 76.2 Å². The fourth-order valence-corrected chi connectivity index (χ4v) is 4.89. The molecule has 7 nitrogen and oxygen atoms in total. The average molecular weight is 499 g/mol. The number of thioether (sulfide) groups is 1. The normalized spacial score (nSPS) is 15.2. The maximum absolute atomic E-state index is 13.2. The first-order valence-electron chi connectivity index (χ1n) is 11.1. The molecule has 34 heavy (non-hydrogen) atoms. The SMILES string of the molecule is CCOc1ccccc1C1C(C(=O)OC(C)C)=C(C)Nc2nc(SCc3ccccc3Cl)nn21. The standard InChI is InChI=1S/C25H27ClN4O3S/c1-5-32-20-13-9-7-11-18(20)22-21(23(31)33-15(2)3)16(4)27-24-28-25(29-30(22)24)34-14-17-10-6-8-12-19(17)26/h6-13,15,22H,5,14H2,1-4H3,(H,27,28,29). The Kier molecular flexibility index (Phi) is 7.48. The zero-order valence-corrected chi connectivity index (χ0v) is 21.1. The van der Waals surface area contributed by atoms with Crippen molar-refractivity contribution in [3.8, 4) is 5.75 Å². The molecule has 0 radical (unpaired) electrons. The molecular weight excluding hydrogens is 472 g/mol. The largest absolute Gasteiger partial charge is 0.494 e. The van der Waals surface area contributed by atoms with Gasteiger partial charge in [-0.25, -0.2) is 9.48 Å². The Morgan fingerprint density at radius 2 is 1.94 bits per heavy atom. The van der Waals surface area contributed by atoms with Crippen LogP contribution in [0.5, 0.6) is 5.75 Å².